The van der Waals surface area contributed by atoms with E-state index < -0.39 is 0 Å². The van der Waals surface area contributed by atoms with Gasteiger partial charge in [-0.1, -0.05) is 19.1 Å². The SMILES string of the molecule is CCCNCCNC(=O)c1nc(-c2cccs2)n(-c2cccc(F)c2)n1.Cl. The van der Waals surface area contributed by atoms with Crippen molar-refractivity contribution in [3.05, 3.63) is 53.4 Å². The van der Waals surface area contributed by atoms with E-state index in [0.29, 0.717) is 24.6 Å². The molecule has 144 valence electrons. The highest BCUT2D eigenvalue weighted by Crippen LogP contribution is 2.25. The first-order valence-electron chi connectivity index (χ1n) is 8.45. The van der Waals surface area contributed by atoms with Crippen LogP contribution in [0, 0.1) is 5.82 Å². The van der Waals surface area contributed by atoms with E-state index in [4.69, 9.17) is 0 Å². The lowest BCUT2D eigenvalue weighted by Crippen LogP contribution is -2.32. The molecule has 1 amide bonds. The number of halogens is 2. The molecule has 0 atom stereocenters. The summed E-state index contributed by atoms with van der Waals surface area (Å²) in [5.41, 5.74) is 0.518. The topological polar surface area (TPSA) is 71.8 Å². The number of nitrogens with one attached hydrogen (secondary N) is 2. The Labute approximate surface area is 167 Å². The lowest BCUT2D eigenvalue weighted by molar-refractivity contribution is 0.0943. The molecule has 0 spiro atoms. The number of hydrogen-bond acceptors (Lipinski definition) is 5. The van der Waals surface area contributed by atoms with Gasteiger partial charge in [0.15, 0.2) is 5.82 Å². The Balaban J connectivity index is 0.00000261. The highest BCUT2D eigenvalue weighted by atomic mass is 35.5. The van der Waals surface area contributed by atoms with Crippen LogP contribution in [0.5, 0.6) is 0 Å². The molecule has 0 radical (unpaired) electrons. The van der Waals surface area contributed by atoms with Crippen molar-refractivity contribution in [3.63, 3.8) is 0 Å². The van der Waals surface area contributed by atoms with Crippen LogP contribution >= 0.6 is 23.7 Å². The van der Waals surface area contributed by atoms with E-state index >= 15 is 0 Å². The predicted molar refractivity (Wildman–Crippen MR) is 107 cm³/mol. The summed E-state index contributed by atoms with van der Waals surface area (Å²) in [4.78, 5) is 17.6. The van der Waals surface area contributed by atoms with Gasteiger partial charge in [-0.25, -0.2) is 14.1 Å². The van der Waals surface area contributed by atoms with Crippen molar-refractivity contribution in [2.24, 2.45) is 0 Å². The van der Waals surface area contributed by atoms with Crippen molar-refractivity contribution in [1.29, 1.82) is 0 Å². The van der Waals surface area contributed by atoms with Gasteiger partial charge in [0.25, 0.3) is 5.91 Å². The van der Waals surface area contributed by atoms with Crippen molar-refractivity contribution in [2.75, 3.05) is 19.6 Å². The lowest BCUT2D eigenvalue weighted by atomic mass is 10.3. The molecule has 27 heavy (non-hydrogen) atoms. The van der Waals surface area contributed by atoms with Gasteiger partial charge in [-0.3, -0.25) is 4.79 Å². The summed E-state index contributed by atoms with van der Waals surface area (Å²) in [6, 6.07) is 9.84. The van der Waals surface area contributed by atoms with Gasteiger partial charge >= 0.3 is 0 Å². The van der Waals surface area contributed by atoms with Crippen LogP contribution in [0.1, 0.15) is 24.0 Å². The molecule has 0 aliphatic carbocycles. The number of nitrogens with zero attached hydrogens (tertiary/aromatic N) is 3. The molecule has 0 saturated heterocycles. The Morgan fingerprint density at radius 2 is 2.07 bits per heavy atom. The predicted octanol–water partition coefficient (Wildman–Crippen LogP) is 3.29. The fourth-order valence-corrected chi connectivity index (χ4v) is 3.11. The Morgan fingerprint density at radius 1 is 1.22 bits per heavy atom. The van der Waals surface area contributed by atoms with Gasteiger partial charge in [0.1, 0.15) is 5.82 Å². The number of rotatable bonds is 8. The number of thiophene rings is 1. The van der Waals surface area contributed by atoms with Gasteiger partial charge < -0.3 is 10.6 Å². The zero-order valence-electron chi connectivity index (χ0n) is 14.8. The maximum Gasteiger partial charge on any atom is 0.291 e. The maximum atomic E-state index is 13.6. The van der Waals surface area contributed by atoms with Crippen LogP contribution < -0.4 is 10.6 Å². The van der Waals surface area contributed by atoms with Crippen molar-refractivity contribution >= 4 is 29.7 Å². The molecule has 0 saturated carbocycles. The van der Waals surface area contributed by atoms with Crippen LogP contribution in [-0.2, 0) is 0 Å². The highest BCUT2D eigenvalue weighted by molar-refractivity contribution is 7.13. The zero-order valence-corrected chi connectivity index (χ0v) is 16.4. The zero-order chi connectivity index (χ0) is 18.4. The van der Waals surface area contributed by atoms with Gasteiger partial charge in [0.05, 0.1) is 10.6 Å². The van der Waals surface area contributed by atoms with E-state index in [1.807, 2.05) is 17.5 Å². The third-order valence-corrected chi connectivity index (χ3v) is 4.48. The molecule has 0 unspecified atom stereocenters. The van der Waals surface area contributed by atoms with Crippen LogP contribution in [0.4, 0.5) is 4.39 Å². The third kappa shape index (κ3) is 5.35. The minimum atomic E-state index is -0.372. The number of amides is 1. The van der Waals surface area contributed by atoms with E-state index in [1.165, 1.54) is 28.2 Å². The fraction of sp³-hybridized carbons (Fsp3) is 0.278. The van der Waals surface area contributed by atoms with Gasteiger partial charge in [-0.15, -0.1) is 28.8 Å². The van der Waals surface area contributed by atoms with Gasteiger partial charge in [-0.2, -0.15) is 0 Å². The summed E-state index contributed by atoms with van der Waals surface area (Å²) in [6.07, 6.45) is 1.04. The summed E-state index contributed by atoms with van der Waals surface area (Å²) < 4.78 is 15.1. The van der Waals surface area contributed by atoms with Crippen LogP contribution in [-0.4, -0.2) is 40.3 Å². The first-order valence-corrected chi connectivity index (χ1v) is 9.33. The first-order chi connectivity index (χ1) is 12.7. The summed E-state index contributed by atoms with van der Waals surface area (Å²) in [5, 5.41) is 12.2. The summed E-state index contributed by atoms with van der Waals surface area (Å²) in [6.45, 7) is 4.16. The molecule has 2 N–H and O–H groups in total. The molecule has 2 aromatic heterocycles. The number of aromatic nitrogens is 3. The Morgan fingerprint density at radius 3 is 2.78 bits per heavy atom. The molecule has 0 aliphatic rings. The number of hydrogen-bond donors (Lipinski definition) is 2. The Bertz CT molecular complexity index is 869. The second-order valence-corrected chi connectivity index (χ2v) is 6.58. The van der Waals surface area contributed by atoms with E-state index in [1.54, 1.807) is 12.1 Å². The van der Waals surface area contributed by atoms with E-state index in [-0.39, 0.29) is 30.0 Å². The molecular formula is C18H21ClFN5OS. The normalized spacial score (nSPS) is 10.4. The average molecular weight is 410 g/mol. The summed E-state index contributed by atoms with van der Waals surface area (Å²) in [7, 11) is 0. The van der Waals surface area contributed by atoms with Crippen molar-refractivity contribution < 1.29 is 9.18 Å². The van der Waals surface area contributed by atoms with Gasteiger partial charge in [0.2, 0.25) is 5.82 Å². The minimum absolute atomic E-state index is 0. The van der Waals surface area contributed by atoms with Crippen LogP contribution in [0.2, 0.25) is 0 Å². The van der Waals surface area contributed by atoms with Crippen molar-refractivity contribution in [3.8, 4) is 16.4 Å². The average Bonchev–Trinajstić information content (AvgIpc) is 3.31. The molecule has 3 aromatic rings. The molecule has 0 aliphatic heterocycles. The lowest BCUT2D eigenvalue weighted by Gasteiger charge is -2.04. The largest absolute Gasteiger partial charge is 0.348 e. The first kappa shape index (κ1) is 21.0. The van der Waals surface area contributed by atoms with Gasteiger partial charge in [-0.05, 0) is 42.6 Å². The van der Waals surface area contributed by atoms with Crippen molar-refractivity contribution in [1.82, 2.24) is 25.4 Å². The molecule has 9 heteroatoms. The molecule has 6 nitrogen and oxygen atoms in total. The standard InChI is InChI=1S/C18H20FN5OS.ClH/c1-2-8-20-9-10-21-18(25)16-22-17(15-7-4-11-26-15)24(23-16)14-6-3-5-13(19)12-14;/h3-7,11-12,20H,2,8-10H2,1H3,(H,21,25);1H. The minimum Gasteiger partial charge on any atom is -0.348 e. The monoisotopic (exact) mass is 409 g/mol. The summed E-state index contributed by atoms with van der Waals surface area (Å²) in [5.74, 6) is -0.146. The molecule has 3 rings (SSSR count). The number of benzene rings is 1. The van der Waals surface area contributed by atoms with E-state index in [9.17, 15) is 9.18 Å². The molecule has 1 aromatic carbocycles. The Hall–Kier alpha value is -2.29. The summed E-state index contributed by atoms with van der Waals surface area (Å²) >= 11 is 1.48. The number of carbonyl (C=O) groups excluding carboxylic acids is 1. The van der Waals surface area contributed by atoms with Crippen LogP contribution in [0.15, 0.2) is 41.8 Å². The fourth-order valence-electron chi connectivity index (χ4n) is 2.41. The van der Waals surface area contributed by atoms with E-state index in [0.717, 1.165) is 17.8 Å². The number of carbonyl (C=O) groups is 1. The smallest absolute Gasteiger partial charge is 0.291 e. The van der Waals surface area contributed by atoms with Crippen molar-refractivity contribution in [2.45, 2.75) is 13.3 Å². The molecular weight excluding hydrogens is 389 g/mol. The quantitative estimate of drug-likeness (QED) is 0.560. The highest BCUT2D eigenvalue weighted by Gasteiger charge is 2.19. The van der Waals surface area contributed by atoms with Gasteiger partial charge in [0, 0.05) is 13.1 Å². The second kappa shape index (κ2) is 10.1. The third-order valence-electron chi connectivity index (χ3n) is 3.62. The van der Waals surface area contributed by atoms with E-state index in [2.05, 4.69) is 27.6 Å². The molecule has 2 heterocycles. The Kier molecular flexibility index (Phi) is 7.90. The second-order valence-electron chi connectivity index (χ2n) is 5.63. The molecule has 0 fully saturated rings. The molecule has 0 bridgehead atoms. The van der Waals surface area contributed by atoms with Crippen LogP contribution in [0.25, 0.3) is 16.4 Å². The maximum absolute atomic E-state index is 13.6. The van der Waals surface area contributed by atoms with Crippen LogP contribution in [0.3, 0.4) is 0 Å².